The molecular weight excluding hydrogens is 354 g/mol. The molecule has 0 bridgehead atoms. The quantitative estimate of drug-likeness (QED) is 0.887. The Morgan fingerprint density at radius 1 is 1.17 bits per heavy atom. The molecule has 1 fully saturated rings. The molecule has 2 aromatic rings. The van der Waals surface area contributed by atoms with E-state index in [4.69, 9.17) is 23.2 Å². The van der Waals surface area contributed by atoms with E-state index in [1.165, 1.54) is 29.2 Å². The summed E-state index contributed by atoms with van der Waals surface area (Å²) in [5, 5.41) is 3.30. The predicted octanol–water partition coefficient (Wildman–Crippen LogP) is 4.12. The summed E-state index contributed by atoms with van der Waals surface area (Å²) in [4.78, 5) is 26.0. The van der Waals surface area contributed by atoms with Gasteiger partial charge in [-0.15, -0.1) is 0 Å². The maximum atomic E-state index is 13.0. The van der Waals surface area contributed by atoms with E-state index in [0.717, 1.165) is 0 Å². The van der Waals surface area contributed by atoms with Gasteiger partial charge in [0.15, 0.2) is 0 Å². The van der Waals surface area contributed by atoms with Crippen LogP contribution in [-0.2, 0) is 9.59 Å². The topological polar surface area (TPSA) is 49.4 Å². The van der Waals surface area contributed by atoms with Crippen molar-refractivity contribution >= 4 is 46.4 Å². The highest BCUT2D eigenvalue weighted by Gasteiger charge is 2.35. The number of anilines is 2. The molecule has 0 saturated carbocycles. The molecule has 1 atom stereocenters. The maximum Gasteiger partial charge on any atom is 0.229 e. The molecule has 1 heterocycles. The predicted molar refractivity (Wildman–Crippen MR) is 92.0 cm³/mol. The van der Waals surface area contributed by atoms with Crippen LogP contribution in [0.1, 0.15) is 6.42 Å². The number of nitrogens with one attached hydrogen (secondary N) is 1. The fourth-order valence-corrected chi connectivity index (χ4v) is 2.94. The number of nitrogens with zero attached hydrogens (tertiary/aromatic N) is 1. The Labute approximate surface area is 148 Å². The fourth-order valence-electron chi connectivity index (χ4n) is 2.59. The molecule has 1 saturated heterocycles. The van der Waals surface area contributed by atoms with Crippen LogP contribution in [0.4, 0.5) is 15.8 Å². The van der Waals surface area contributed by atoms with Gasteiger partial charge in [0, 0.05) is 18.7 Å². The average molecular weight is 367 g/mol. The molecule has 124 valence electrons. The SMILES string of the molecule is O=C(Nc1cccc(Cl)c1Cl)[C@H]1CC(=O)N(c2ccc(F)cc2)C1. The highest BCUT2D eigenvalue weighted by Crippen LogP contribution is 2.31. The van der Waals surface area contributed by atoms with Gasteiger partial charge in [-0.1, -0.05) is 29.3 Å². The first-order valence-electron chi connectivity index (χ1n) is 7.26. The van der Waals surface area contributed by atoms with Crippen LogP contribution >= 0.6 is 23.2 Å². The normalized spacial score (nSPS) is 17.2. The number of rotatable bonds is 3. The minimum atomic E-state index is -0.516. The van der Waals surface area contributed by atoms with E-state index in [1.54, 1.807) is 18.2 Å². The number of benzene rings is 2. The Kier molecular flexibility index (Phi) is 4.73. The number of hydrogen-bond acceptors (Lipinski definition) is 2. The van der Waals surface area contributed by atoms with Crippen LogP contribution < -0.4 is 10.2 Å². The van der Waals surface area contributed by atoms with Gasteiger partial charge >= 0.3 is 0 Å². The largest absolute Gasteiger partial charge is 0.324 e. The Hall–Kier alpha value is -2.11. The molecule has 0 radical (unpaired) electrons. The molecule has 4 nitrogen and oxygen atoms in total. The Morgan fingerprint density at radius 2 is 1.88 bits per heavy atom. The van der Waals surface area contributed by atoms with Gasteiger partial charge in [-0.05, 0) is 36.4 Å². The van der Waals surface area contributed by atoms with Crippen molar-refractivity contribution in [3.05, 3.63) is 58.3 Å². The minimum absolute atomic E-state index is 0.0847. The van der Waals surface area contributed by atoms with Crippen LogP contribution in [0.3, 0.4) is 0 Å². The minimum Gasteiger partial charge on any atom is -0.324 e. The van der Waals surface area contributed by atoms with Crippen molar-refractivity contribution in [2.24, 2.45) is 5.92 Å². The molecule has 1 N–H and O–H groups in total. The number of halogens is 3. The molecule has 3 rings (SSSR count). The van der Waals surface area contributed by atoms with Crippen LogP contribution in [0.2, 0.25) is 10.0 Å². The third-order valence-electron chi connectivity index (χ3n) is 3.84. The molecule has 0 aromatic heterocycles. The molecule has 0 unspecified atom stereocenters. The number of amides is 2. The standard InChI is InChI=1S/C17H13Cl2FN2O2/c18-13-2-1-3-14(16(13)19)21-17(24)10-8-15(23)22(9-10)12-6-4-11(20)5-7-12/h1-7,10H,8-9H2,(H,21,24)/t10-/m0/s1. The zero-order chi connectivity index (χ0) is 17.3. The van der Waals surface area contributed by atoms with Crippen molar-refractivity contribution in [3.8, 4) is 0 Å². The van der Waals surface area contributed by atoms with E-state index >= 15 is 0 Å². The van der Waals surface area contributed by atoms with E-state index in [0.29, 0.717) is 16.4 Å². The second kappa shape index (κ2) is 6.79. The average Bonchev–Trinajstić information content (AvgIpc) is 2.94. The molecule has 0 aliphatic carbocycles. The van der Waals surface area contributed by atoms with E-state index in [1.807, 2.05) is 0 Å². The van der Waals surface area contributed by atoms with Crippen molar-refractivity contribution in [1.82, 2.24) is 0 Å². The van der Waals surface area contributed by atoms with Gasteiger partial charge in [0.2, 0.25) is 11.8 Å². The number of carbonyl (C=O) groups is 2. The van der Waals surface area contributed by atoms with E-state index in [9.17, 15) is 14.0 Å². The summed E-state index contributed by atoms with van der Waals surface area (Å²) in [5.74, 6) is -1.39. The smallest absolute Gasteiger partial charge is 0.229 e. The van der Waals surface area contributed by atoms with Gasteiger partial charge < -0.3 is 10.2 Å². The summed E-state index contributed by atoms with van der Waals surface area (Å²) in [6.07, 6.45) is 0.0847. The van der Waals surface area contributed by atoms with Gasteiger partial charge in [-0.25, -0.2) is 4.39 Å². The van der Waals surface area contributed by atoms with Crippen molar-refractivity contribution in [2.45, 2.75) is 6.42 Å². The lowest BCUT2D eigenvalue weighted by Crippen LogP contribution is -2.28. The number of carbonyl (C=O) groups excluding carboxylic acids is 2. The Balaban J connectivity index is 1.72. The van der Waals surface area contributed by atoms with E-state index in [-0.39, 0.29) is 35.6 Å². The molecular formula is C17H13Cl2FN2O2. The van der Waals surface area contributed by atoms with Gasteiger partial charge in [0.1, 0.15) is 5.82 Å². The summed E-state index contributed by atoms with van der Waals surface area (Å²) in [7, 11) is 0. The van der Waals surface area contributed by atoms with E-state index in [2.05, 4.69) is 5.32 Å². The third kappa shape index (κ3) is 3.37. The molecule has 7 heteroatoms. The highest BCUT2D eigenvalue weighted by molar-refractivity contribution is 6.44. The van der Waals surface area contributed by atoms with Gasteiger partial charge in [0.05, 0.1) is 21.7 Å². The zero-order valence-electron chi connectivity index (χ0n) is 12.4. The van der Waals surface area contributed by atoms with Gasteiger partial charge in [-0.2, -0.15) is 0 Å². The molecule has 1 aliphatic rings. The monoisotopic (exact) mass is 366 g/mol. The maximum absolute atomic E-state index is 13.0. The van der Waals surface area contributed by atoms with Crippen LogP contribution in [0.5, 0.6) is 0 Å². The van der Waals surface area contributed by atoms with Crippen molar-refractivity contribution < 1.29 is 14.0 Å². The van der Waals surface area contributed by atoms with Gasteiger partial charge in [-0.3, -0.25) is 9.59 Å². The van der Waals surface area contributed by atoms with Crippen LogP contribution in [0.15, 0.2) is 42.5 Å². The lowest BCUT2D eigenvalue weighted by molar-refractivity contribution is -0.122. The van der Waals surface area contributed by atoms with Gasteiger partial charge in [0.25, 0.3) is 0 Å². The first kappa shape index (κ1) is 16.7. The highest BCUT2D eigenvalue weighted by atomic mass is 35.5. The second-order valence-corrected chi connectivity index (χ2v) is 6.26. The molecule has 2 amide bonds. The molecule has 1 aliphatic heterocycles. The lowest BCUT2D eigenvalue weighted by Gasteiger charge is -2.17. The summed E-state index contributed by atoms with van der Waals surface area (Å²) >= 11 is 12.0. The van der Waals surface area contributed by atoms with E-state index < -0.39 is 5.92 Å². The summed E-state index contributed by atoms with van der Waals surface area (Å²) in [6, 6.07) is 10.5. The molecule has 0 spiro atoms. The number of hydrogen-bond donors (Lipinski definition) is 1. The first-order valence-corrected chi connectivity index (χ1v) is 8.02. The van der Waals surface area contributed by atoms with Crippen molar-refractivity contribution in [1.29, 1.82) is 0 Å². The first-order chi connectivity index (χ1) is 11.5. The zero-order valence-corrected chi connectivity index (χ0v) is 13.9. The lowest BCUT2D eigenvalue weighted by atomic mass is 10.1. The Bertz CT molecular complexity index is 796. The molecule has 24 heavy (non-hydrogen) atoms. The summed E-state index contributed by atoms with van der Waals surface area (Å²) in [6.45, 7) is 0.231. The molecule has 2 aromatic carbocycles. The second-order valence-electron chi connectivity index (χ2n) is 5.47. The fraction of sp³-hybridized carbons (Fsp3) is 0.176. The van der Waals surface area contributed by atoms with Crippen LogP contribution in [0.25, 0.3) is 0 Å². The van der Waals surface area contributed by atoms with Crippen LogP contribution in [0, 0.1) is 11.7 Å². The van der Waals surface area contributed by atoms with Crippen LogP contribution in [-0.4, -0.2) is 18.4 Å². The third-order valence-corrected chi connectivity index (χ3v) is 4.66. The summed E-state index contributed by atoms with van der Waals surface area (Å²) in [5.41, 5.74) is 0.972. The van der Waals surface area contributed by atoms with Crippen molar-refractivity contribution in [2.75, 3.05) is 16.8 Å². The van der Waals surface area contributed by atoms with Crippen molar-refractivity contribution in [3.63, 3.8) is 0 Å². The Morgan fingerprint density at radius 3 is 2.58 bits per heavy atom. The summed E-state index contributed by atoms with van der Waals surface area (Å²) < 4.78 is 13.0.